The van der Waals surface area contributed by atoms with Gasteiger partial charge in [0.2, 0.25) is 0 Å². The van der Waals surface area contributed by atoms with Gasteiger partial charge in [-0.3, -0.25) is 0 Å². The van der Waals surface area contributed by atoms with Crippen LogP contribution in [0.25, 0.3) is 0 Å². The summed E-state index contributed by atoms with van der Waals surface area (Å²) in [5, 5.41) is 0. The summed E-state index contributed by atoms with van der Waals surface area (Å²) in [7, 11) is 1.76. The Morgan fingerprint density at radius 2 is 2.00 bits per heavy atom. The number of nitrogens with two attached hydrogens (primary N) is 1. The maximum Gasteiger partial charge on any atom is 0.0569 e. The fraction of sp³-hybridized carbons (Fsp3) is 1.00. The third kappa shape index (κ3) is 4.77. The molecule has 0 aromatic heterocycles. The predicted octanol–water partition coefficient (Wildman–Crippen LogP) is 1.54. The van der Waals surface area contributed by atoms with E-state index in [9.17, 15) is 0 Å². The zero-order chi connectivity index (χ0) is 7.98. The number of ether oxygens (including phenoxy) is 1. The van der Waals surface area contributed by atoms with Crippen molar-refractivity contribution in [3.05, 3.63) is 0 Å². The largest absolute Gasteiger partial charge is 0.381 e. The van der Waals surface area contributed by atoms with Crippen LogP contribution in [0.5, 0.6) is 0 Å². The molecule has 0 aliphatic heterocycles. The lowest BCUT2D eigenvalue weighted by atomic mass is 10.1. The highest BCUT2D eigenvalue weighted by Gasteiger charge is 2.04. The van der Waals surface area contributed by atoms with E-state index in [0.717, 1.165) is 19.3 Å². The molecule has 0 spiro atoms. The van der Waals surface area contributed by atoms with E-state index in [1.54, 1.807) is 7.11 Å². The monoisotopic (exact) mass is 145 g/mol. The van der Waals surface area contributed by atoms with E-state index in [4.69, 9.17) is 10.5 Å². The molecule has 2 N–H and O–H groups in total. The molecule has 2 nitrogen and oxygen atoms in total. The van der Waals surface area contributed by atoms with E-state index < -0.39 is 0 Å². The van der Waals surface area contributed by atoms with E-state index in [0.29, 0.717) is 12.1 Å². The molecule has 0 heterocycles. The molecule has 0 amide bonds. The van der Waals surface area contributed by atoms with Gasteiger partial charge < -0.3 is 10.5 Å². The molecule has 2 unspecified atom stereocenters. The molecule has 0 aromatic carbocycles. The highest BCUT2D eigenvalue weighted by atomic mass is 16.5. The topological polar surface area (TPSA) is 35.2 Å². The number of rotatable bonds is 5. The van der Waals surface area contributed by atoms with Crippen LogP contribution in [0.1, 0.15) is 33.1 Å². The number of methoxy groups -OCH3 is 1. The van der Waals surface area contributed by atoms with E-state index in [1.807, 2.05) is 6.92 Å². The molecule has 0 saturated carbocycles. The van der Waals surface area contributed by atoms with Crippen molar-refractivity contribution in [3.8, 4) is 0 Å². The summed E-state index contributed by atoms with van der Waals surface area (Å²) in [6.45, 7) is 4.16. The predicted molar refractivity (Wildman–Crippen MR) is 44.0 cm³/mol. The second kappa shape index (κ2) is 5.69. The molecule has 0 bridgehead atoms. The molecular weight excluding hydrogens is 126 g/mol. The van der Waals surface area contributed by atoms with Gasteiger partial charge in [0.05, 0.1) is 6.10 Å². The zero-order valence-electron chi connectivity index (χ0n) is 7.26. The molecule has 0 radical (unpaired) electrons. The molecule has 62 valence electrons. The Balaban J connectivity index is 3.26. The van der Waals surface area contributed by atoms with Crippen LogP contribution in [0.15, 0.2) is 0 Å². The Labute approximate surface area is 63.7 Å². The van der Waals surface area contributed by atoms with Crippen LogP contribution in [0.4, 0.5) is 0 Å². The Kier molecular flexibility index (Phi) is 5.64. The van der Waals surface area contributed by atoms with Crippen LogP contribution in [0.2, 0.25) is 0 Å². The average molecular weight is 145 g/mol. The third-order valence-electron chi connectivity index (χ3n) is 1.73. The Morgan fingerprint density at radius 3 is 2.30 bits per heavy atom. The quantitative estimate of drug-likeness (QED) is 0.637. The van der Waals surface area contributed by atoms with Crippen molar-refractivity contribution in [2.45, 2.75) is 45.3 Å². The molecule has 2 heteroatoms. The van der Waals surface area contributed by atoms with Crippen LogP contribution in [0.3, 0.4) is 0 Å². The van der Waals surface area contributed by atoms with Crippen molar-refractivity contribution in [1.82, 2.24) is 0 Å². The Morgan fingerprint density at radius 1 is 1.40 bits per heavy atom. The first-order valence-electron chi connectivity index (χ1n) is 3.99. The van der Waals surface area contributed by atoms with Gasteiger partial charge in [-0.15, -0.1) is 0 Å². The van der Waals surface area contributed by atoms with Crippen molar-refractivity contribution >= 4 is 0 Å². The summed E-state index contributed by atoms with van der Waals surface area (Å²) >= 11 is 0. The third-order valence-corrected chi connectivity index (χ3v) is 1.73. The number of hydrogen-bond donors (Lipinski definition) is 1. The SMILES string of the molecule is CCC(CCC(C)N)OC. The fourth-order valence-electron chi connectivity index (χ4n) is 0.937. The highest BCUT2D eigenvalue weighted by Crippen LogP contribution is 2.06. The second-order valence-corrected chi connectivity index (χ2v) is 2.82. The van der Waals surface area contributed by atoms with Crippen molar-refractivity contribution < 1.29 is 4.74 Å². The van der Waals surface area contributed by atoms with Gasteiger partial charge in [-0.25, -0.2) is 0 Å². The van der Waals surface area contributed by atoms with Crippen LogP contribution < -0.4 is 5.73 Å². The molecule has 0 aliphatic carbocycles. The maximum atomic E-state index is 5.59. The van der Waals surface area contributed by atoms with Gasteiger partial charge in [-0.1, -0.05) is 6.92 Å². The van der Waals surface area contributed by atoms with Crippen LogP contribution in [-0.4, -0.2) is 19.3 Å². The lowest BCUT2D eigenvalue weighted by Gasteiger charge is -2.13. The van der Waals surface area contributed by atoms with Crippen LogP contribution in [0, 0.1) is 0 Å². The molecule has 10 heavy (non-hydrogen) atoms. The molecule has 0 aliphatic rings. The lowest BCUT2D eigenvalue weighted by molar-refractivity contribution is 0.0891. The summed E-state index contributed by atoms with van der Waals surface area (Å²) in [5.74, 6) is 0. The maximum absolute atomic E-state index is 5.59. The average Bonchev–Trinajstić information content (AvgIpc) is 1.90. The minimum absolute atomic E-state index is 0.309. The standard InChI is InChI=1S/C8H19NO/c1-4-8(10-3)6-5-7(2)9/h7-8H,4-6,9H2,1-3H3. The van der Waals surface area contributed by atoms with Crippen LogP contribution >= 0.6 is 0 Å². The van der Waals surface area contributed by atoms with E-state index in [-0.39, 0.29) is 0 Å². The number of hydrogen-bond acceptors (Lipinski definition) is 2. The van der Waals surface area contributed by atoms with Gasteiger partial charge >= 0.3 is 0 Å². The van der Waals surface area contributed by atoms with Gasteiger partial charge in [0, 0.05) is 13.2 Å². The molecule has 2 atom stereocenters. The second-order valence-electron chi connectivity index (χ2n) is 2.82. The summed E-state index contributed by atoms with van der Waals surface area (Å²) < 4.78 is 5.19. The van der Waals surface area contributed by atoms with Gasteiger partial charge in [0.1, 0.15) is 0 Å². The zero-order valence-corrected chi connectivity index (χ0v) is 7.26. The molecule has 0 saturated heterocycles. The first-order valence-corrected chi connectivity index (χ1v) is 3.99. The van der Waals surface area contributed by atoms with Crippen molar-refractivity contribution in [2.75, 3.05) is 7.11 Å². The molecule has 0 aromatic rings. The summed E-state index contributed by atoms with van der Waals surface area (Å²) in [6.07, 6.45) is 3.64. The molecule has 0 rings (SSSR count). The minimum atomic E-state index is 0.309. The highest BCUT2D eigenvalue weighted by molar-refractivity contribution is 4.59. The van der Waals surface area contributed by atoms with Gasteiger partial charge in [0.25, 0.3) is 0 Å². The van der Waals surface area contributed by atoms with Gasteiger partial charge in [0.15, 0.2) is 0 Å². The Hall–Kier alpha value is -0.0800. The van der Waals surface area contributed by atoms with Crippen LogP contribution in [-0.2, 0) is 4.74 Å². The minimum Gasteiger partial charge on any atom is -0.381 e. The Bertz CT molecular complexity index is 69.7. The normalized spacial score (nSPS) is 16.8. The lowest BCUT2D eigenvalue weighted by Crippen LogP contribution is -2.18. The van der Waals surface area contributed by atoms with E-state index in [1.165, 1.54) is 0 Å². The fourth-order valence-corrected chi connectivity index (χ4v) is 0.937. The van der Waals surface area contributed by atoms with E-state index in [2.05, 4.69) is 6.92 Å². The first kappa shape index (κ1) is 9.92. The smallest absolute Gasteiger partial charge is 0.0569 e. The first-order chi connectivity index (χ1) is 4.70. The molecule has 0 fully saturated rings. The summed E-state index contributed by atoms with van der Waals surface area (Å²) in [4.78, 5) is 0. The van der Waals surface area contributed by atoms with Gasteiger partial charge in [-0.05, 0) is 26.2 Å². The summed E-state index contributed by atoms with van der Waals surface area (Å²) in [6, 6.07) is 0.309. The summed E-state index contributed by atoms with van der Waals surface area (Å²) in [5.41, 5.74) is 5.59. The van der Waals surface area contributed by atoms with Gasteiger partial charge in [-0.2, -0.15) is 0 Å². The van der Waals surface area contributed by atoms with Crippen molar-refractivity contribution in [3.63, 3.8) is 0 Å². The van der Waals surface area contributed by atoms with E-state index >= 15 is 0 Å². The molecular formula is C8H19NO. The van der Waals surface area contributed by atoms with Crippen molar-refractivity contribution in [2.24, 2.45) is 5.73 Å². The van der Waals surface area contributed by atoms with Crippen molar-refractivity contribution in [1.29, 1.82) is 0 Å².